The molecule has 18 heavy (non-hydrogen) atoms. The molecule has 1 unspecified atom stereocenters. The van der Waals surface area contributed by atoms with Crippen LogP contribution in [0.4, 0.5) is 0 Å². The molecule has 1 aromatic rings. The van der Waals surface area contributed by atoms with E-state index in [0.717, 1.165) is 5.56 Å². The molecule has 0 aromatic heterocycles. The molecular weight excluding hydrogens is 270 g/mol. The molecule has 0 bridgehead atoms. The Morgan fingerprint density at radius 3 is 2.33 bits per heavy atom. The number of aryl methyl sites for hydroxylation is 1. The normalized spacial score (nSPS) is 14.4. The van der Waals surface area contributed by atoms with Crippen molar-refractivity contribution in [2.24, 2.45) is 0 Å². The zero-order chi connectivity index (χ0) is 13.8. The Balaban J connectivity index is 2.61. The summed E-state index contributed by atoms with van der Waals surface area (Å²) in [6.07, 6.45) is 0.503. The molecule has 0 saturated carbocycles. The zero-order valence-electron chi connectivity index (χ0n) is 11.0. The molecule has 0 heterocycles. The number of alkyl halides is 1. The summed E-state index contributed by atoms with van der Waals surface area (Å²) in [5, 5.41) is -0.274. The minimum absolute atomic E-state index is 0.0735. The fourth-order valence-corrected chi connectivity index (χ4v) is 3.13. The van der Waals surface area contributed by atoms with Crippen LogP contribution in [-0.2, 0) is 16.4 Å². The van der Waals surface area contributed by atoms with E-state index in [-0.39, 0.29) is 11.1 Å². The van der Waals surface area contributed by atoms with Crippen molar-refractivity contribution in [2.45, 2.75) is 38.1 Å². The van der Waals surface area contributed by atoms with Gasteiger partial charge in [-0.2, -0.15) is 0 Å². The summed E-state index contributed by atoms with van der Waals surface area (Å²) in [6, 6.07) is 9.56. The third-order valence-corrected chi connectivity index (χ3v) is 5.04. The number of sulfonamides is 1. The Morgan fingerprint density at radius 2 is 1.83 bits per heavy atom. The molecule has 5 heteroatoms. The van der Waals surface area contributed by atoms with Crippen molar-refractivity contribution in [3.8, 4) is 0 Å². The molecular formula is C13H20ClNO2S. The van der Waals surface area contributed by atoms with E-state index in [1.165, 1.54) is 0 Å². The first-order chi connectivity index (χ1) is 8.23. The third kappa shape index (κ3) is 4.96. The third-order valence-electron chi connectivity index (χ3n) is 2.92. The van der Waals surface area contributed by atoms with E-state index in [1.54, 1.807) is 20.8 Å². The number of benzene rings is 1. The monoisotopic (exact) mass is 289 g/mol. The fourth-order valence-electron chi connectivity index (χ4n) is 1.43. The molecule has 0 radical (unpaired) electrons. The Hall–Kier alpha value is -0.580. The maximum absolute atomic E-state index is 12.0. The lowest BCUT2D eigenvalue weighted by Gasteiger charge is -2.28. The Labute approximate surface area is 115 Å². The molecule has 1 aromatic carbocycles. The van der Waals surface area contributed by atoms with Gasteiger partial charge in [0.25, 0.3) is 0 Å². The van der Waals surface area contributed by atoms with Crippen LogP contribution in [0.1, 0.15) is 26.3 Å². The number of nitrogens with one attached hydrogen (secondary N) is 1. The zero-order valence-corrected chi connectivity index (χ0v) is 12.6. The smallest absolute Gasteiger partial charge is 0.212 e. The maximum Gasteiger partial charge on any atom is 0.212 e. The van der Waals surface area contributed by atoms with Crippen molar-refractivity contribution >= 4 is 21.6 Å². The number of rotatable bonds is 6. The Morgan fingerprint density at radius 1 is 1.28 bits per heavy atom. The molecule has 1 rings (SSSR count). The molecule has 102 valence electrons. The maximum atomic E-state index is 12.0. The van der Waals surface area contributed by atoms with Gasteiger partial charge in [0.05, 0.1) is 5.75 Å². The predicted octanol–water partition coefficient (Wildman–Crippen LogP) is 2.55. The quantitative estimate of drug-likeness (QED) is 0.818. The summed E-state index contributed by atoms with van der Waals surface area (Å²) in [6.45, 7) is 5.34. The van der Waals surface area contributed by atoms with Crippen LogP contribution < -0.4 is 4.72 Å². The first-order valence-corrected chi connectivity index (χ1v) is 8.01. The van der Waals surface area contributed by atoms with E-state index in [0.29, 0.717) is 6.42 Å². The molecule has 0 aliphatic carbocycles. The molecule has 1 N–H and O–H groups in total. The summed E-state index contributed by atoms with van der Waals surface area (Å²) in [5.41, 5.74) is 0.372. The number of hydrogen-bond donors (Lipinski definition) is 1. The second-order valence-electron chi connectivity index (χ2n) is 4.99. The standard InChI is InChI=1S/C13H20ClNO2S/c1-11(14)13(2,3)15-18(16,17)10-9-12-7-5-4-6-8-12/h4-8,11,15H,9-10H2,1-3H3. The number of halogens is 1. The molecule has 0 amide bonds. The van der Waals surface area contributed by atoms with Gasteiger partial charge in [-0.1, -0.05) is 30.3 Å². The first-order valence-electron chi connectivity index (χ1n) is 5.92. The van der Waals surface area contributed by atoms with Gasteiger partial charge in [0.15, 0.2) is 0 Å². The molecule has 0 aliphatic heterocycles. The Kier molecular flexibility index (Phi) is 5.20. The summed E-state index contributed by atoms with van der Waals surface area (Å²) >= 11 is 5.97. The molecule has 3 nitrogen and oxygen atoms in total. The predicted molar refractivity (Wildman–Crippen MR) is 76.5 cm³/mol. The van der Waals surface area contributed by atoms with Crippen LogP contribution >= 0.6 is 11.6 Å². The van der Waals surface area contributed by atoms with Gasteiger partial charge in [-0.25, -0.2) is 13.1 Å². The van der Waals surface area contributed by atoms with Crippen LogP contribution in [0.2, 0.25) is 0 Å². The first kappa shape index (κ1) is 15.5. The minimum atomic E-state index is -3.32. The highest BCUT2D eigenvalue weighted by Crippen LogP contribution is 2.16. The fraction of sp³-hybridized carbons (Fsp3) is 0.538. The van der Waals surface area contributed by atoms with Crippen molar-refractivity contribution in [1.29, 1.82) is 0 Å². The van der Waals surface area contributed by atoms with E-state index in [4.69, 9.17) is 11.6 Å². The van der Waals surface area contributed by atoms with Gasteiger partial charge in [-0.15, -0.1) is 11.6 Å². The van der Waals surface area contributed by atoms with Gasteiger partial charge in [-0.05, 0) is 32.8 Å². The van der Waals surface area contributed by atoms with E-state index in [1.807, 2.05) is 30.3 Å². The average Bonchev–Trinajstić information content (AvgIpc) is 2.26. The van der Waals surface area contributed by atoms with Gasteiger partial charge in [-0.3, -0.25) is 0 Å². The topological polar surface area (TPSA) is 46.2 Å². The van der Waals surface area contributed by atoms with Gasteiger partial charge < -0.3 is 0 Å². The van der Waals surface area contributed by atoms with Crippen LogP contribution in [-0.4, -0.2) is 25.1 Å². The van der Waals surface area contributed by atoms with Gasteiger partial charge in [0, 0.05) is 10.9 Å². The number of hydrogen-bond acceptors (Lipinski definition) is 2. The van der Waals surface area contributed by atoms with E-state index in [9.17, 15) is 8.42 Å². The average molecular weight is 290 g/mol. The molecule has 0 fully saturated rings. The summed E-state index contributed by atoms with van der Waals surface area (Å²) < 4.78 is 26.6. The van der Waals surface area contributed by atoms with Gasteiger partial charge in [0.2, 0.25) is 10.0 Å². The second kappa shape index (κ2) is 6.04. The highest BCUT2D eigenvalue weighted by atomic mass is 35.5. The van der Waals surface area contributed by atoms with Crippen molar-refractivity contribution in [1.82, 2.24) is 4.72 Å². The second-order valence-corrected chi connectivity index (χ2v) is 7.49. The van der Waals surface area contributed by atoms with Crippen molar-refractivity contribution in [2.75, 3.05) is 5.75 Å². The largest absolute Gasteiger partial charge is 0.212 e. The van der Waals surface area contributed by atoms with Gasteiger partial charge in [0.1, 0.15) is 0 Å². The minimum Gasteiger partial charge on any atom is -0.212 e. The summed E-state index contributed by atoms with van der Waals surface area (Å²) in [7, 11) is -3.32. The molecule has 0 aliphatic rings. The van der Waals surface area contributed by atoms with Crippen LogP contribution in [0.3, 0.4) is 0 Å². The SMILES string of the molecule is CC(Cl)C(C)(C)NS(=O)(=O)CCc1ccccc1. The van der Waals surface area contributed by atoms with Gasteiger partial charge >= 0.3 is 0 Å². The van der Waals surface area contributed by atoms with Crippen molar-refractivity contribution < 1.29 is 8.42 Å². The molecule has 0 saturated heterocycles. The van der Waals surface area contributed by atoms with E-state index >= 15 is 0 Å². The van der Waals surface area contributed by atoms with Crippen LogP contribution in [0, 0.1) is 0 Å². The lowest BCUT2D eigenvalue weighted by atomic mass is 10.0. The van der Waals surface area contributed by atoms with Crippen molar-refractivity contribution in [3.63, 3.8) is 0 Å². The lowest BCUT2D eigenvalue weighted by molar-refractivity contribution is 0.445. The van der Waals surface area contributed by atoms with E-state index < -0.39 is 15.6 Å². The summed E-state index contributed by atoms with van der Waals surface area (Å²) in [5.74, 6) is 0.0735. The molecule has 0 spiro atoms. The van der Waals surface area contributed by atoms with Crippen LogP contribution in [0.25, 0.3) is 0 Å². The molecule has 1 atom stereocenters. The highest BCUT2D eigenvalue weighted by molar-refractivity contribution is 7.89. The summed E-state index contributed by atoms with van der Waals surface area (Å²) in [4.78, 5) is 0. The lowest BCUT2D eigenvalue weighted by Crippen LogP contribution is -2.49. The van der Waals surface area contributed by atoms with E-state index in [2.05, 4.69) is 4.72 Å². The highest BCUT2D eigenvalue weighted by Gasteiger charge is 2.29. The Bertz CT molecular complexity index is 469. The van der Waals surface area contributed by atoms with Crippen LogP contribution in [0.5, 0.6) is 0 Å². The van der Waals surface area contributed by atoms with Crippen molar-refractivity contribution in [3.05, 3.63) is 35.9 Å². The van der Waals surface area contributed by atoms with Crippen LogP contribution in [0.15, 0.2) is 30.3 Å².